The van der Waals surface area contributed by atoms with Gasteiger partial charge in [-0.25, -0.2) is 0 Å². The molecule has 1 aliphatic rings. The van der Waals surface area contributed by atoms with Crippen LogP contribution in [0.4, 0.5) is 11.4 Å². The number of benzene rings is 2. The van der Waals surface area contributed by atoms with E-state index in [1.54, 1.807) is 17.0 Å². The Labute approximate surface area is 161 Å². The molecule has 1 N–H and O–H groups in total. The van der Waals surface area contributed by atoms with Crippen molar-refractivity contribution in [2.45, 2.75) is 19.5 Å². The van der Waals surface area contributed by atoms with Gasteiger partial charge in [0.05, 0.1) is 9.95 Å². The standard InChI is InChI=1S/C19H16N4O3S/c1-2-12-3-7-14(8-4-12)22-17(21-18(24)16(11-20)19(22)27)13-5-9-15(10-6-13)23(25)26/h3-10,17,27H,2H2,1H3,(H,21,24). The van der Waals surface area contributed by atoms with Crippen molar-refractivity contribution < 1.29 is 9.72 Å². The van der Waals surface area contributed by atoms with Crippen LogP contribution in [0.3, 0.4) is 0 Å². The first-order chi connectivity index (χ1) is 13.0. The Morgan fingerprint density at radius 3 is 2.37 bits per heavy atom. The van der Waals surface area contributed by atoms with Crippen molar-refractivity contribution in [3.63, 3.8) is 0 Å². The summed E-state index contributed by atoms with van der Waals surface area (Å²) in [5, 5.41) is 23.2. The lowest BCUT2D eigenvalue weighted by Crippen LogP contribution is -2.46. The number of non-ortho nitro benzene ring substituents is 1. The molecule has 1 heterocycles. The molecule has 27 heavy (non-hydrogen) atoms. The highest BCUT2D eigenvalue weighted by atomic mass is 32.1. The highest BCUT2D eigenvalue weighted by Crippen LogP contribution is 2.36. The maximum absolute atomic E-state index is 12.3. The van der Waals surface area contributed by atoms with Crippen LogP contribution in [0.1, 0.15) is 24.2 Å². The Bertz CT molecular complexity index is 962. The first kappa shape index (κ1) is 18.5. The summed E-state index contributed by atoms with van der Waals surface area (Å²) < 4.78 is 0. The summed E-state index contributed by atoms with van der Waals surface area (Å²) in [6.07, 6.45) is 0.242. The average molecular weight is 380 g/mol. The summed E-state index contributed by atoms with van der Waals surface area (Å²) in [6, 6.07) is 15.5. The van der Waals surface area contributed by atoms with E-state index in [0.29, 0.717) is 5.56 Å². The first-order valence-corrected chi connectivity index (χ1v) is 8.67. The van der Waals surface area contributed by atoms with Crippen LogP contribution in [0.25, 0.3) is 0 Å². The first-order valence-electron chi connectivity index (χ1n) is 8.23. The molecule has 1 unspecified atom stereocenters. The van der Waals surface area contributed by atoms with E-state index in [1.807, 2.05) is 37.3 Å². The number of nitrogens with zero attached hydrogens (tertiary/aromatic N) is 3. The Morgan fingerprint density at radius 1 is 1.22 bits per heavy atom. The molecule has 1 amide bonds. The molecule has 1 aliphatic heterocycles. The SMILES string of the molecule is CCc1ccc(N2C(S)=C(C#N)C(=O)NC2c2ccc([N+](=O)[O-])cc2)cc1. The minimum Gasteiger partial charge on any atom is -0.327 e. The van der Waals surface area contributed by atoms with E-state index in [1.165, 1.54) is 12.1 Å². The van der Waals surface area contributed by atoms with E-state index in [2.05, 4.69) is 17.9 Å². The lowest BCUT2D eigenvalue weighted by atomic mass is 10.1. The van der Waals surface area contributed by atoms with Gasteiger partial charge in [-0.15, -0.1) is 12.6 Å². The van der Waals surface area contributed by atoms with Crippen molar-refractivity contribution >= 4 is 29.9 Å². The minimum absolute atomic E-state index is 0.0425. The zero-order valence-corrected chi connectivity index (χ0v) is 15.3. The number of nitrogens with one attached hydrogen (secondary N) is 1. The van der Waals surface area contributed by atoms with E-state index in [9.17, 15) is 20.2 Å². The predicted octanol–water partition coefficient (Wildman–Crippen LogP) is 3.46. The molecule has 7 nitrogen and oxygen atoms in total. The molecule has 0 saturated heterocycles. The summed E-state index contributed by atoms with van der Waals surface area (Å²) in [5.74, 6) is -0.535. The number of nitro groups is 1. The number of hydrogen-bond acceptors (Lipinski definition) is 6. The molecule has 0 spiro atoms. The zero-order valence-electron chi connectivity index (χ0n) is 14.4. The van der Waals surface area contributed by atoms with E-state index < -0.39 is 17.0 Å². The van der Waals surface area contributed by atoms with Crippen molar-refractivity contribution in [2.24, 2.45) is 0 Å². The number of nitriles is 1. The van der Waals surface area contributed by atoms with Crippen LogP contribution in [0.15, 0.2) is 59.1 Å². The summed E-state index contributed by atoms with van der Waals surface area (Å²) in [5.41, 5.74) is 2.40. The van der Waals surface area contributed by atoms with Gasteiger partial charge in [0.2, 0.25) is 0 Å². The molecule has 2 aromatic carbocycles. The smallest absolute Gasteiger partial charge is 0.269 e. The molecule has 0 saturated carbocycles. The van der Waals surface area contributed by atoms with Crippen LogP contribution < -0.4 is 10.2 Å². The van der Waals surface area contributed by atoms with Crippen LogP contribution >= 0.6 is 12.6 Å². The predicted molar refractivity (Wildman–Crippen MR) is 104 cm³/mol. The monoisotopic (exact) mass is 380 g/mol. The van der Waals surface area contributed by atoms with Crippen LogP contribution in [0, 0.1) is 21.4 Å². The molecule has 3 rings (SSSR count). The lowest BCUT2D eigenvalue weighted by molar-refractivity contribution is -0.384. The number of thiol groups is 1. The molecule has 0 aromatic heterocycles. The number of rotatable bonds is 4. The summed E-state index contributed by atoms with van der Waals surface area (Å²) >= 11 is 4.43. The van der Waals surface area contributed by atoms with E-state index in [4.69, 9.17) is 0 Å². The Kier molecular flexibility index (Phi) is 5.14. The molecular formula is C19H16N4O3S. The third-order valence-corrected chi connectivity index (χ3v) is 4.80. The van der Waals surface area contributed by atoms with Gasteiger partial charge in [-0.05, 0) is 41.8 Å². The minimum atomic E-state index is -0.643. The number of anilines is 1. The fourth-order valence-electron chi connectivity index (χ4n) is 2.88. The second-order valence-electron chi connectivity index (χ2n) is 5.93. The van der Waals surface area contributed by atoms with Crippen molar-refractivity contribution in [3.8, 4) is 6.07 Å². The summed E-state index contributed by atoms with van der Waals surface area (Å²) in [6.45, 7) is 2.05. The van der Waals surface area contributed by atoms with Gasteiger partial charge in [0.25, 0.3) is 11.6 Å². The number of nitro benzene ring substituents is 1. The van der Waals surface area contributed by atoms with Gasteiger partial charge in [0, 0.05) is 17.8 Å². The molecule has 1 atom stereocenters. The fraction of sp³-hybridized carbons (Fsp3) is 0.158. The second kappa shape index (κ2) is 7.51. The van der Waals surface area contributed by atoms with Gasteiger partial charge in [0.15, 0.2) is 0 Å². The van der Waals surface area contributed by atoms with E-state index >= 15 is 0 Å². The van der Waals surface area contributed by atoms with E-state index in [0.717, 1.165) is 17.7 Å². The Morgan fingerprint density at radius 2 is 1.85 bits per heavy atom. The maximum atomic E-state index is 12.3. The van der Waals surface area contributed by atoms with Crippen LogP contribution in [-0.2, 0) is 11.2 Å². The molecule has 2 aromatic rings. The Balaban J connectivity index is 2.09. The third kappa shape index (κ3) is 3.50. The number of aryl methyl sites for hydroxylation is 1. The molecule has 0 bridgehead atoms. The third-order valence-electron chi connectivity index (χ3n) is 4.36. The largest absolute Gasteiger partial charge is 0.327 e. The normalized spacial score (nSPS) is 16.7. The molecule has 0 aliphatic carbocycles. The van der Waals surface area contributed by atoms with Gasteiger partial charge >= 0.3 is 0 Å². The maximum Gasteiger partial charge on any atom is 0.269 e. The van der Waals surface area contributed by atoms with Crippen LogP contribution in [0.2, 0.25) is 0 Å². The summed E-state index contributed by atoms with van der Waals surface area (Å²) in [7, 11) is 0. The summed E-state index contributed by atoms with van der Waals surface area (Å²) in [4.78, 5) is 24.4. The van der Waals surface area contributed by atoms with E-state index in [-0.39, 0.29) is 16.3 Å². The van der Waals surface area contributed by atoms with Crippen LogP contribution in [0.5, 0.6) is 0 Å². The zero-order chi connectivity index (χ0) is 19.6. The number of carbonyl (C=O) groups is 1. The van der Waals surface area contributed by atoms with Gasteiger partial charge in [0.1, 0.15) is 17.8 Å². The van der Waals surface area contributed by atoms with Gasteiger partial charge in [-0.3, -0.25) is 14.9 Å². The van der Waals surface area contributed by atoms with Gasteiger partial charge < -0.3 is 10.2 Å². The number of amides is 1. The van der Waals surface area contributed by atoms with Crippen molar-refractivity contribution in [1.29, 1.82) is 5.26 Å². The van der Waals surface area contributed by atoms with Gasteiger partial charge in [-0.1, -0.05) is 19.1 Å². The topological polar surface area (TPSA) is 99.3 Å². The molecule has 0 fully saturated rings. The molecule has 8 heteroatoms. The van der Waals surface area contributed by atoms with Crippen molar-refractivity contribution in [3.05, 3.63) is 80.4 Å². The quantitative estimate of drug-likeness (QED) is 0.481. The van der Waals surface area contributed by atoms with Gasteiger partial charge in [-0.2, -0.15) is 5.26 Å². The molecule has 136 valence electrons. The lowest BCUT2D eigenvalue weighted by Gasteiger charge is -2.38. The number of hydrogen-bond donors (Lipinski definition) is 2. The fourth-order valence-corrected chi connectivity index (χ4v) is 3.26. The average Bonchev–Trinajstić information content (AvgIpc) is 2.68. The van der Waals surface area contributed by atoms with Crippen molar-refractivity contribution in [1.82, 2.24) is 5.32 Å². The molecular weight excluding hydrogens is 364 g/mol. The number of carbonyl (C=O) groups excluding carboxylic acids is 1. The highest BCUT2D eigenvalue weighted by molar-refractivity contribution is 7.84. The Hall–Kier alpha value is -3.31. The highest BCUT2D eigenvalue weighted by Gasteiger charge is 2.34. The second-order valence-corrected chi connectivity index (χ2v) is 6.35. The molecule has 0 radical (unpaired) electrons. The van der Waals surface area contributed by atoms with Crippen LogP contribution in [-0.4, -0.2) is 10.8 Å². The van der Waals surface area contributed by atoms with Crippen molar-refractivity contribution in [2.75, 3.05) is 4.90 Å².